The van der Waals surface area contributed by atoms with Gasteiger partial charge in [0.2, 0.25) is 0 Å². The van der Waals surface area contributed by atoms with Crippen molar-refractivity contribution in [3.05, 3.63) is 39.3 Å². The van der Waals surface area contributed by atoms with Crippen molar-refractivity contribution in [1.82, 2.24) is 10.3 Å². The van der Waals surface area contributed by atoms with E-state index in [-0.39, 0.29) is 11.6 Å². The number of ether oxygens (including phenoxy) is 1. The number of carbonyl (C=O) groups excluding carboxylic acids is 1. The number of hydrogen-bond donors (Lipinski definition) is 2. The van der Waals surface area contributed by atoms with Gasteiger partial charge >= 0.3 is 6.03 Å². The highest BCUT2D eigenvalue weighted by molar-refractivity contribution is 7.11. The van der Waals surface area contributed by atoms with Gasteiger partial charge < -0.3 is 15.4 Å². The van der Waals surface area contributed by atoms with Crippen molar-refractivity contribution in [1.29, 1.82) is 0 Å². The number of nitrogens with one attached hydrogen (secondary N) is 2. The van der Waals surface area contributed by atoms with Crippen LogP contribution in [-0.4, -0.2) is 16.6 Å². The third-order valence-corrected chi connectivity index (χ3v) is 4.89. The van der Waals surface area contributed by atoms with E-state index in [1.165, 1.54) is 4.88 Å². The monoisotopic (exact) mass is 331 g/mol. The van der Waals surface area contributed by atoms with Gasteiger partial charge in [-0.05, 0) is 33.8 Å². The second-order valence-electron chi connectivity index (χ2n) is 6.39. The van der Waals surface area contributed by atoms with Gasteiger partial charge in [0.25, 0.3) is 0 Å². The molecule has 0 aliphatic carbocycles. The van der Waals surface area contributed by atoms with Gasteiger partial charge in [0.05, 0.1) is 17.9 Å². The highest BCUT2D eigenvalue weighted by Crippen LogP contribution is 2.40. The highest BCUT2D eigenvalue weighted by atomic mass is 32.1. The molecule has 0 spiro atoms. The van der Waals surface area contributed by atoms with Crippen LogP contribution in [0.2, 0.25) is 0 Å². The molecule has 122 valence electrons. The number of aryl methyl sites for hydroxylation is 2. The largest absolute Gasteiger partial charge is 0.485 e. The van der Waals surface area contributed by atoms with Crippen molar-refractivity contribution in [2.75, 3.05) is 5.32 Å². The number of anilines is 1. The number of thiazole rings is 1. The molecule has 1 aliphatic rings. The number of aromatic nitrogens is 1. The van der Waals surface area contributed by atoms with E-state index in [2.05, 4.69) is 15.6 Å². The maximum atomic E-state index is 12.1. The van der Waals surface area contributed by atoms with Crippen LogP contribution in [0.25, 0.3) is 0 Å². The Labute approximate surface area is 140 Å². The van der Waals surface area contributed by atoms with Crippen LogP contribution in [-0.2, 0) is 13.0 Å². The third kappa shape index (κ3) is 3.47. The van der Waals surface area contributed by atoms with Gasteiger partial charge in [0.1, 0.15) is 16.4 Å². The Morgan fingerprint density at radius 3 is 2.87 bits per heavy atom. The molecule has 2 amide bonds. The Kier molecular flexibility index (Phi) is 4.02. The van der Waals surface area contributed by atoms with Gasteiger partial charge in [-0.1, -0.05) is 12.1 Å². The van der Waals surface area contributed by atoms with E-state index in [1.807, 2.05) is 45.9 Å². The molecule has 6 heteroatoms. The second-order valence-corrected chi connectivity index (χ2v) is 7.68. The lowest BCUT2D eigenvalue weighted by Gasteiger charge is -2.18. The molecule has 0 saturated carbocycles. The van der Waals surface area contributed by atoms with Gasteiger partial charge in [-0.3, -0.25) is 0 Å². The van der Waals surface area contributed by atoms with E-state index >= 15 is 0 Å². The zero-order valence-electron chi connectivity index (χ0n) is 13.8. The van der Waals surface area contributed by atoms with Crippen molar-refractivity contribution < 1.29 is 9.53 Å². The lowest BCUT2D eigenvalue weighted by atomic mass is 10.0. The Hall–Kier alpha value is -2.08. The van der Waals surface area contributed by atoms with E-state index in [0.717, 1.165) is 28.4 Å². The van der Waals surface area contributed by atoms with Gasteiger partial charge in [-0.15, -0.1) is 11.3 Å². The second kappa shape index (κ2) is 5.85. The number of nitrogens with zero attached hydrogens (tertiary/aromatic N) is 1. The predicted octanol–water partition coefficient (Wildman–Crippen LogP) is 3.80. The zero-order valence-corrected chi connectivity index (χ0v) is 14.6. The fourth-order valence-corrected chi connectivity index (χ4v) is 3.52. The molecular weight excluding hydrogens is 310 g/mol. The van der Waals surface area contributed by atoms with Crippen molar-refractivity contribution in [3.63, 3.8) is 0 Å². The molecule has 3 rings (SSSR count). The summed E-state index contributed by atoms with van der Waals surface area (Å²) in [5.41, 5.74) is 2.62. The summed E-state index contributed by atoms with van der Waals surface area (Å²) in [6.07, 6.45) is 0.844. The minimum Gasteiger partial charge on any atom is -0.485 e. The van der Waals surface area contributed by atoms with Crippen LogP contribution in [0, 0.1) is 13.8 Å². The first-order valence-corrected chi connectivity index (χ1v) is 8.44. The molecule has 0 radical (unpaired) electrons. The number of hydrogen-bond acceptors (Lipinski definition) is 4. The lowest BCUT2D eigenvalue weighted by molar-refractivity contribution is 0.139. The third-order valence-electron chi connectivity index (χ3n) is 3.81. The summed E-state index contributed by atoms with van der Waals surface area (Å²) in [6, 6.07) is 5.58. The van der Waals surface area contributed by atoms with Crippen LogP contribution in [0.3, 0.4) is 0 Å². The Morgan fingerprint density at radius 1 is 1.39 bits per heavy atom. The van der Waals surface area contributed by atoms with Crippen LogP contribution >= 0.6 is 11.3 Å². The molecular formula is C17H21N3O2S. The molecule has 1 aromatic heterocycles. The molecule has 2 aromatic rings. The summed E-state index contributed by atoms with van der Waals surface area (Å²) < 4.78 is 5.96. The molecule has 2 N–H and O–H groups in total. The molecule has 1 aliphatic heterocycles. The van der Waals surface area contributed by atoms with E-state index < -0.39 is 0 Å². The summed E-state index contributed by atoms with van der Waals surface area (Å²) in [7, 11) is 0. The van der Waals surface area contributed by atoms with Crippen LogP contribution in [0.4, 0.5) is 10.5 Å². The minimum absolute atomic E-state index is 0.230. The van der Waals surface area contributed by atoms with Gasteiger partial charge in [0, 0.05) is 16.9 Å². The average molecular weight is 331 g/mol. The SMILES string of the molecule is Cc1nc(CNC(=O)Nc2cccc3c2OC(C)(C)C3)sc1C. The number of amides is 2. The van der Waals surface area contributed by atoms with Crippen molar-refractivity contribution >= 4 is 23.1 Å². The minimum atomic E-state index is -0.253. The molecule has 5 nitrogen and oxygen atoms in total. The summed E-state index contributed by atoms with van der Waals surface area (Å²) in [5.74, 6) is 0.772. The van der Waals surface area contributed by atoms with Gasteiger partial charge in [-0.2, -0.15) is 0 Å². The van der Waals surface area contributed by atoms with Crippen molar-refractivity contribution in [2.45, 2.75) is 46.3 Å². The normalized spacial score (nSPS) is 15.0. The average Bonchev–Trinajstić information content (AvgIpc) is 2.95. The molecule has 1 aromatic carbocycles. The lowest BCUT2D eigenvalue weighted by Crippen LogP contribution is -2.29. The maximum Gasteiger partial charge on any atom is 0.319 e. The number of fused-ring (bicyclic) bond motifs is 1. The highest BCUT2D eigenvalue weighted by Gasteiger charge is 2.31. The first-order chi connectivity index (χ1) is 10.8. The fourth-order valence-electron chi connectivity index (χ4n) is 2.65. The summed E-state index contributed by atoms with van der Waals surface area (Å²) in [5, 5.41) is 6.62. The molecule has 0 saturated heterocycles. The topological polar surface area (TPSA) is 63.2 Å². The Bertz CT molecular complexity index is 733. The van der Waals surface area contributed by atoms with E-state index in [9.17, 15) is 4.79 Å². The van der Waals surface area contributed by atoms with Crippen molar-refractivity contribution in [3.8, 4) is 5.75 Å². The molecule has 0 atom stereocenters. The van der Waals surface area contributed by atoms with Gasteiger partial charge in [0.15, 0.2) is 0 Å². The van der Waals surface area contributed by atoms with Crippen LogP contribution in [0.15, 0.2) is 18.2 Å². The smallest absolute Gasteiger partial charge is 0.319 e. The van der Waals surface area contributed by atoms with Crippen molar-refractivity contribution in [2.24, 2.45) is 0 Å². The summed E-state index contributed by atoms with van der Waals surface area (Å²) in [6.45, 7) is 8.52. The standard InChI is InChI=1S/C17H21N3O2S/c1-10-11(2)23-14(19-10)9-18-16(21)20-13-7-5-6-12-8-17(3,4)22-15(12)13/h5-7H,8-9H2,1-4H3,(H2,18,20,21). The molecule has 0 unspecified atom stereocenters. The molecule has 2 heterocycles. The predicted molar refractivity (Wildman–Crippen MR) is 92.3 cm³/mol. The maximum absolute atomic E-state index is 12.1. The fraction of sp³-hybridized carbons (Fsp3) is 0.412. The first-order valence-electron chi connectivity index (χ1n) is 7.63. The molecule has 0 fully saturated rings. The number of rotatable bonds is 3. The Balaban J connectivity index is 1.64. The van der Waals surface area contributed by atoms with E-state index in [4.69, 9.17) is 4.74 Å². The van der Waals surface area contributed by atoms with Gasteiger partial charge in [-0.25, -0.2) is 9.78 Å². The number of para-hydroxylation sites is 1. The summed E-state index contributed by atoms with van der Waals surface area (Å²) in [4.78, 5) is 17.7. The number of carbonyl (C=O) groups is 1. The van der Waals surface area contributed by atoms with Crippen LogP contribution < -0.4 is 15.4 Å². The van der Waals surface area contributed by atoms with E-state index in [1.54, 1.807) is 11.3 Å². The van der Waals surface area contributed by atoms with Crippen LogP contribution in [0.5, 0.6) is 5.75 Å². The quantitative estimate of drug-likeness (QED) is 0.899. The summed E-state index contributed by atoms with van der Waals surface area (Å²) >= 11 is 1.60. The Morgan fingerprint density at radius 2 is 2.17 bits per heavy atom. The number of urea groups is 1. The van der Waals surface area contributed by atoms with Crippen LogP contribution in [0.1, 0.15) is 35.0 Å². The number of benzene rings is 1. The zero-order chi connectivity index (χ0) is 16.6. The first kappa shape index (κ1) is 15.8. The van der Waals surface area contributed by atoms with E-state index in [0.29, 0.717) is 12.2 Å². The molecule has 0 bridgehead atoms. The molecule has 23 heavy (non-hydrogen) atoms.